The summed E-state index contributed by atoms with van der Waals surface area (Å²) in [6.07, 6.45) is 0.159. The molecule has 4 aromatic carbocycles. The predicted molar refractivity (Wildman–Crippen MR) is 136 cm³/mol. The van der Waals surface area contributed by atoms with Crippen molar-refractivity contribution in [1.82, 2.24) is 0 Å². The van der Waals surface area contributed by atoms with Crippen LogP contribution in [0.3, 0.4) is 0 Å². The molecule has 0 radical (unpaired) electrons. The Bertz CT molecular complexity index is 1110. The van der Waals surface area contributed by atoms with Crippen LogP contribution in [-0.4, -0.2) is 11.6 Å². The molecule has 0 saturated carbocycles. The maximum atomic E-state index is 13.5. The number of benzene rings is 4. The Balaban J connectivity index is 1.97. The van der Waals surface area contributed by atoms with Crippen LogP contribution in [0.1, 0.15) is 5.56 Å². The van der Waals surface area contributed by atoms with E-state index in [4.69, 9.17) is 23.2 Å². The number of carbonyl (C=O) groups excluding carboxylic acids is 1. The molecule has 0 aliphatic heterocycles. The van der Waals surface area contributed by atoms with E-state index in [0.717, 1.165) is 15.9 Å². The van der Waals surface area contributed by atoms with Gasteiger partial charge in [0.2, 0.25) is 0 Å². The molecule has 0 aromatic heterocycles. The maximum absolute atomic E-state index is 13.5. The molecule has 154 valence electrons. The minimum atomic E-state index is -2.34. The van der Waals surface area contributed by atoms with E-state index >= 15 is 0 Å². The van der Waals surface area contributed by atoms with Crippen LogP contribution in [0.5, 0.6) is 0 Å². The molecule has 0 aliphatic rings. The lowest BCUT2D eigenvalue weighted by molar-refractivity contribution is -0.111. The highest BCUT2D eigenvalue weighted by Crippen LogP contribution is 2.43. The zero-order valence-corrected chi connectivity index (χ0v) is 19.2. The topological polar surface area (TPSA) is 17.1 Å². The number of carbonyl (C=O) groups is 1. The molecule has 4 heteroatoms. The monoisotopic (exact) mass is 462 g/mol. The van der Waals surface area contributed by atoms with Crippen molar-refractivity contribution in [3.05, 3.63) is 125 Å². The van der Waals surface area contributed by atoms with Crippen molar-refractivity contribution in [2.45, 2.75) is 6.42 Å². The summed E-state index contributed by atoms with van der Waals surface area (Å²) in [5, 5.41) is 4.41. The van der Waals surface area contributed by atoms with E-state index in [1.165, 1.54) is 0 Å². The first-order valence-corrected chi connectivity index (χ1v) is 12.6. The molecule has 0 heterocycles. The predicted octanol–water partition coefficient (Wildman–Crippen LogP) is 5.90. The third kappa shape index (κ3) is 4.55. The minimum absolute atomic E-state index is 0.0000995. The number of hydrogen-bond acceptors (Lipinski definition) is 1. The third-order valence-corrected chi connectivity index (χ3v) is 9.96. The van der Waals surface area contributed by atoms with Gasteiger partial charge in [-0.3, -0.25) is 4.79 Å². The highest BCUT2D eigenvalue weighted by atomic mass is 35.5. The average molecular weight is 463 g/mol. The summed E-state index contributed by atoms with van der Waals surface area (Å²) in [5.74, 6) is 1.92. The van der Waals surface area contributed by atoms with Gasteiger partial charge in [0, 0.05) is 16.5 Å². The van der Waals surface area contributed by atoms with Crippen molar-refractivity contribution in [3.8, 4) is 0 Å². The van der Waals surface area contributed by atoms with Crippen LogP contribution in [0.4, 0.5) is 0 Å². The molecule has 0 atom stereocenters. The van der Waals surface area contributed by atoms with E-state index < -0.39 is 6.89 Å². The molecule has 1 nitrogen and oxygen atoms in total. The van der Waals surface area contributed by atoms with Gasteiger partial charge < -0.3 is 0 Å². The Kier molecular flexibility index (Phi) is 6.78. The number of rotatable bonds is 6. The van der Waals surface area contributed by atoms with Crippen molar-refractivity contribution in [2.75, 3.05) is 0 Å². The van der Waals surface area contributed by atoms with Gasteiger partial charge in [-0.25, -0.2) is 0 Å². The molecule has 0 aliphatic carbocycles. The number of ketones is 1. The lowest BCUT2D eigenvalue weighted by Gasteiger charge is -2.28. The first-order chi connectivity index (χ1) is 15.1. The van der Waals surface area contributed by atoms with Crippen LogP contribution in [0.25, 0.3) is 0 Å². The Labute approximate surface area is 193 Å². The summed E-state index contributed by atoms with van der Waals surface area (Å²) in [4.78, 5) is 13.5. The van der Waals surface area contributed by atoms with E-state index in [-0.39, 0.29) is 12.2 Å². The zero-order valence-electron chi connectivity index (χ0n) is 16.8. The summed E-state index contributed by atoms with van der Waals surface area (Å²) >= 11 is 12.7. The second-order valence-corrected chi connectivity index (χ2v) is 11.3. The normalized spacial score (nSPS) is 11.2. The van der Waals surface area contributed by atoms with Gasteiger partial charge in [0.25, 0.3) is 0 Å². The fraction of sp³-hybridized carbons (Fsp3) is 0.0370. The molecule has 4 rings (SSSR count). The van der Waals surface area contributed by atoms with Gasteiger partial charge in [-0.15, -0.1) is 0 Å². The van der Waals surface area contributed by atoms with Crippen molar-refractivity contribution in [1.29, 1.82) is 0 Å². The molecular formula is C27H21Cl2OP. The van der Waals surface area contributed by atoms with Gasteiger partial charge in [0.15, 0.2) is 5.78 Å². The van der Waals surface area contributed by atoms with E-state index in [9.17, 15) is 4.79 Å². The van der Waals surface area contributed by atoms with E-state index in [2.05, 4.69) is 36.4 Å². The fourth-order valence-electron chi connectivity index (χ4n) is 3.80. The van der Waals surface area contributed by atoms with Crippen LogP contribution in [0.15, 0.2) is 109 Å². The van der Waals surface area contributed by atoms with Gasteiger partial charge in [-0.05, 0) is 46.3 Å². The van der Waals surface area contributed by atoms with Crippen molar-refractivity contribution in [3.63, 3.8) is 0 Å². The quantitative estimate of drug-likeness (QED) is 0.326. The average Bonchev–Trinajstić information content (AvgIpc) is 2.82. The van der Waals surface area contributed by atoms with Gasteiger partial charge in [0.05, 0.1) is 0 Å². The van der Waals surface area contributed by atoms with Crippen LogP contribution in [0, 0.1) is 0 Å². The summed E-state index contributed by atoms with van der Waals surface area (Å²) in [7, 11) is 0. The van der Waals surface area contributed by atoms with Crippen LogP contribution in [0.2, 0.25) is 10.0 Å². The summed E-state index contributed by atoms with van der Waals surface area (Å²) in [6, 6.07) is 36.2. The second kappa shape index (κ2) is 9.71. The first kappa shape index (κ1) is 21.7. The number of hydrogen-bond donors (Lipinski definition) is 0. The van der Waals surface area contributed by atoms with Gasteiger partial charge >= 0.3 is 0 Å². The second-order valence-electron chi connectivity index (χ2n) is 7.20. The molecule has 0 unspecified atom stereocenters. The molecule has 4 aromatic rings. The van der Waals surface area contributed by atoms with Crippen LogP contribution >= 0.6 is 30.1 Å². The van der Waals surface area contributed by atoms with Crippen molar-refractivity contribution < 1.29 is 4.79 Å². The highest BCUT2D eigenvalue weighted by Gasteiger charge is 2.26. The van der Waals surface area contributed by atoms with Crippen molar-refractivity contribution in [2.24, 2.45) is 0 Å². The molecule has 0 N–H and O–H groups in total. The first-order valence-electron chi connectivity index (χ1n) is 9.98. The molecule has 0 bridgehead atoms. The maximum Gasteiger partial charge on any atom is 0.161 e. The Morgan fingerprint density at radius 1 is 0.613 bits per heavy atom. The van der Waals surface area contributed by atoms with E-state index in [1.54, 1.807) is 18.2 Å². The summed E-state index contributed by atoms with van der Waals surface area (Å²) in [5.41, 5.74) is 0.666. The van der Waals surface area contributed by atoms with Gasteiger partial charge in [0.1, 0.15) is 0 Å². The molecule has 0 amide bonds. The van der Waals surface area contributed by atoms with Crippen LogP contribution in [-0.2, 0) is 11.2 Å². The summed E-state index contributed by atoms with van der Waals surface area (Å²) in [6.45, 7) is -2.34. The van der Waals surface area contributed by atoms with Gasteiger partial charge in [-0.1, -0.05) is 120 Å². The minimum Gasteiger partial charge on any atom is -0.294 e. The zero-order chi connectivity index (χ0) is 21.7. The van der Waals surface area contributed by atoms with E-state index in [1.807, 2.05) is 60.4 Å². The van der Waals surface area contributed by atoms with E-state index in [0.29, 0.717) is 15.6 Å². The largest absolute Gasteiger partial charge is 0.294 e. The Morgan fingerprint density at radius 3 is 1.39 bits per heavy atom. The molecule has 31 heavy (non-hydrogen) atoms. The number of halogens is 2. The number of Topliss-reactive ketones (excluding diaryl/α,β-unsaturated/α-hetero) is 1. The smallest absolute Gasteiger partial charge is 0.161 e. The lowest BCUT2D eigenvalue weighted by atomic mass is 10.1. The molecule has 0 fully saturated rings. The highest BCUT2D eigenvalue weighted by molar-refractivity contribution is 7.95. The molecule has 0 spiro atoms. The fourth-order valence-corrected chi connectivity index (χ4v) is 8.12. The van der Waals surface area contributed by atoms with Gasteiger partial charge in [-0.2, -0.15) is 0 Å². The Morgan fingerprint density at radius 2 is 1.00 bits per heavy atom. The summed E-state index contributed by atoms with van der Waals surface area (Å²) < 4.78 is 0. The van der Waals surface area contributed by atoms with Crippen molar-refractivity contribution >= 4 is 57.6 Å². The lowest BCUT2D eigenvalue weighted by Crippen LogP contribution is -2.29. The standard InChI is InChI=1S/C27H21Cl2OP/c28-26-17-10-18-27(29)25(26)19-21(30)20-31(22-11-4-1-5-12-22,23-13-6-2-7-14-23)24-15-8-3-9-16-24/h1-18,20H,19H2. The molecular weight excluding hydrogens is 442 g/mol. The SMILES string of the molecule is O=C(C=P(c1ccccc1)(c1ccccc1)c1ccccc1)Cc1c(Cl)cccc1Cl. The van der Waals surface area contributed by atoms with Crippen LogP contribution < -0.4 is 15.9 Å². The molecule has 0 saturated heterocycles. The third-order valence-electron chi connectivity index (χ3n) is 5.24. The Hall–Kier alpha value is -2.57.